The van der Waals surface area contributed by atoms with Crippen LogP contribution in [0.4, 0.5) is 4.39 Å². The van der Waals surface area contributed by atoms with E-state index >= 15 is 0 Å². The Hall–Kier alpha value is -1.86. The molecular formula is C17H13BrFNO. The first-order valence-electron chi connectivity index (χ1n) is 6.72. The van der Waals surface area contributed by atoms with E-state index in [2.05, 4.69) is 22.0 Å². The molecule has 21 heavy (non-hydrogen) atoms. The van der Waals surface area contributed by atoms with Gasteiger partial charge in [0.25, 0.3) is 0 Å². The molecule has 2 aromatic rings. The molecule has 0 saturated carbocycles. The molecule has 0 spiro atoms. The average molecular weight is 346 g/mol. The van der Waals surface area contributed by atoms with Crippen LogP contribution in [0.5, 0.6) is 5.75 Å². The van der Waals surface area contributed by atoms with Crippen molar-refractivity contribution < 1.29 is 9.13 Å². The lowest BCUT2D eigenvalue weighted by Crippen LogP contribution is -2.33. The molecule has 1 heterocycles. The minimum atomic E-state index is -0.619. The minimum Gasteiger partial charge on any atom is -0.493 e. The zero-order valence-corrected chi connectivity index (χ0v) is 12.9. The van der Waals surface area contributed by atoms with E-state index in [0.29, 0.717) is 23.9 Å². The second-order valence-electron chi connectivity index (χ2n) is 5.21. The molecule has 1 aliphatic rings. The fourth-order valence-corrected chi connectivity index (χ4v) is 3.22. The highest BCUT2D eigenvalue weighted by atomic mass is 79.9. The van der Waals surface area contributed by atoms with Gasteiger partial charge in [-0.2, -0.15) is 5.26 Å². The summed E-state index contributed by atoms with van der Waals surface area (Å²) in [7, 11) is 0. The van der Waals surface area contributed by atoms with E-state index in [1.54, 1.807) is 12.1 Å². The number of nitrogens with zero attached hydrogens (tertiary/aromatic N) is 1. The van der Waals surface area contributed by atoms with E-state index in [1.165, 1.54) is 6.07 Å². The lowest BCUT2D eigenvalue weighted by atomic mass is 9.73. The van der Waals surface area contributed by atoms with Gasteiger partial charge in [0, 0.05) is 12.0 Å². The highest BCUT2D eigenvalue weighted by Crippen LogP contribution is 2.41. The first-order valence-corrected chi connectivity index (χ1v) is 7.51. The van der Waals surface area contributed by atoms with Crippen LogP contribution >= 0.6 is 15.9 Å². The Morgan fingerprint density at radius 3 is 2.86 bits per heavy atom. The molecule has 2 aromatic carbocycles. The van der Waals surface area contributed by atoms with Crippen LogP contribution in [-0.4, -0.2) is 6.61 Å². The van der Waals surface area contributed by atoms with Crippen molar-refractivity contribution >= 4 is 15.9 Å². The number of hydrogen-bond acceptors (Lipinski definition) is 2. The van der Waals surface area contributed by atoms with Crippen molar-refractivity contribution in [3.05, 3.63) is 63.9 Å². The van der Waals surface area contributed by atoms with Crippen molar-refractivity contribution in [3.63, 3.8) is 0 Å². The summed E-state index contributed by atoms with van der Waals surface area (Å²) in [6.07, 6.45) is 1.18. The molecule has 1 atom stereocenters. The maximum atomic E-state index is 13.4. The van der Waals surface area contributed by atoms with Gasteiger partial charge in [0.15, 0.2) is 0 Å². The molecule has 0 amide bonds. The van der Waals surface area contributed by atoms with Gasteiger partial charge in [-0.1, -0.05) is 24.3 Å². The summed E-state index contributed by atoms with van der Waals surface area (Å²) in [6.45, 7) is 0.521. The Morgan fingerprint density at radius 1 is 1.29 bits per heavy atom. The van der Waals surface area contributed by atoms with Crippen LogP contribution in [0, 0.1) is 17.1 Å². The van der Waals surface area contributed by atoms with Crippen LogP contribution in [0.2, 0.25) is 0 Å². The molecule has 0 aliphatic carbocycles. The third-order valence-electron chi connectivity index (χ3n) is 3.89. The quantitative estimate of drug-likeness (QED) is 0.809. The lowest BCUT2D eigenvalue weighted by Gasteiger charge is -2.33. The Balaban J connectivity index is 2.02. The molecular weight excluding hydrogens is 333 g/mol. The van der Waals surface area contributed by atoms with Crippen molar-refractivity contribution in [2.75, 3.05) is 6.61 Å². The van der Waals surface area contributed by atoms with Crippen molar-refractivity contribution in [3.8, 4) is 11.8 Å². The van der Waals surface area contributed by atoms with Gasteiger partial charge in [-0.3, -0.25) is 0 Å². The topological polar surface area (TPSA) is 33.0 Å². The summed E-state index contributed by atoms with van der Waals surface area (Å²) in [5, 5.41) is 9.78. The van der Waals surface area contributed by atoms with Crippen molar-refractivity contribution in [1.29, 1.82) is 5.26 Å². The van der Waals surface area contributed by atoms with Gasteiger partial charge in [-0.25, -0.2) is 4.39 Å². The standard InChI is InChI=1S/C17H13BrFNO/c18-14-9-12(5-6-15(14)19)10-17(11-20)7-8-21-16-4-2-1-3-13(16)17/h1-6,9H,7-8,10H2. The Labute approximate surface area is 131 Å². The van der Waals surface area contributed by atoms with E-state index in [1.807, 2.05) is 24.3 Å². The zero-order valence-electron chi connectivity index (χ0n) is 11.3. The third kappa shape index (κ3) is 2.54. The molecule has 0 fully saturated rings. The second-order valence-corrected chi connectivity index (χ2v) is 6.07. The van der Waals surface area contributed by atoms with Crippen LogP contribution < -0.4 is 4.74 Å². The summed E-state index contributed by atoms with van der Waals surface area (Å²) >= 11 is 3.20. The molecule has 4 heteroatoms. The van der Waals surface area contributed by atoms with E-state index in [0.717, 1.165) is 16.9 Å². The normalized spacial score (nSPS) is 20.2. The predicted octanol–water partition coefficient (Wildman–Crippen LogP) is 4.37. The molecule has 0 bridgehead atoms. The first kappa shape index (κ1) is 14.1. The van der Waals surface area contributed by atoms with E-state index in [-0.39, 0.29) is 5.82 Å². The molecule has 0 N–H and O–H groups in total. The average Bonchev–Trinajstić information content (AvgIpc) is 2.51. The number of hydrogen-bond donors (Lipinski definition) is 0. The molecule has 0 saturated heterocycles. The minimum absolute atomic E-state index is 0.294. The number of para-hydroxylation sites is 1. The second kappa shape index (κ2) is 5.50. The highest BCUT2D eigenvalue weighted by Gasteiger charge is 2.38. The molecule has 1 unspecified atom stereocenters. The number of halogens is 2. The number of nitriles is 1. The summed E-state index contributed by atoms with van der Waals surface area (Å²) in [4.78, 5) is 0. The summed E-state index contributed by atoms with van der Waals surface area (Å²) in [5.74, 6) is 0.476. The molecule has 3 rings (SSSR count). The molecule has 0 aromatic heterocycles. The van der Waals surface area contributed by atoms with Gasteiger partial charge in [-0.05, 0) is 46.1 Å². The smallest absolute Gasteiger partial charge is 0.137 e. The number of rotatable bonds is 2. The predicted molar refractivity (Wildman–Crippen MR) is 81.6 cm³/mol. The summed E-state index contributed by atoms with van der Waals surface area (Å²) in [5.41, 5.74) is 1.23. The summed E-state index contributed by atoms with van der Waals surface area (Å²) in [6, 6.07) is 15.0. The van der Waals surface area contributed by atoms with Crippen molar-refractivity contribution in [2.45, 2.75) is 18.3 Å². The van der Waals surface area contributed by atoms with E-state index < -0.39 is 5.41 Å². The zero-order chi connectivity index (χ0) is 14.9. The van der Waals surface area contributed by atoms with Crippen molar-refractivity contribution in [2.24, 2.45) is 0 Å². The van der Waals surface area contributed by atoms with Gasteiger partial charge in [0.2, 0.25) is 0 Å². The summed E-state index contributed by atoms with van der Waals surface area (Å²) < 4.78 is 19.4. The maximum absolute atomic E-state index is 13.4. The third-order valence-corrected chi connectivity index (χ3v) is 4.50. The van der Waals surface area contributed by atoms with Crippen LogP contribution in [0.15, 0.2) is 46.9 Å². The Kier molecular flexibility index (Phi) is 3.69. The van der Waals surface area contributed by atoms with Gasteiger partial charge in [0.05, 0.1) is 22.6 Å². The number of ether oxygens (including phenoxy) is 1. The SMILES string of the molecule is N#CC1(Cc2ccc(F)c(Br)c2)CCOc2ccccc21. The van der Waals surface area contributed by atoms with Crippen molar-refractivity contribution in [1.82, 2.24) is 0 Å². The van der Waals surface area contributed by atoms with Gasteiger partial charge in [-0.15, -0.1) is 0 Å². The fourth-order valence-electron chi connectivity index (χ4n) is 2.80. The van der Waals surface area contributed by atoms with Gasteiger partial charge in [0.1, 0.15) is 11.6 Å². The molecule has 106 valence electrons. The van der Waals surface area contributed by atoms with E-state index in [9.17, 15) is 9.65 Å². The number of fused-ring (bicyclic) bond motifs is 1. The first-order chi connectivity index (χ1) is 10.1. The van der Waals surface area contributed by atoms with Crippen LogP contribution in [-0.2, 0) is 11.8 Å². The molecule has 0 radical (unpaired) electrons. The van der Waals surface area contributed by atoms with Crippen LogP contribution in [0.3, 0.4) is 0 Å². The van der Waals surface area contributed by atoms with Gasteiger partial charge >= 0.3 is 0 Å². The van der Waals surface area contributed by atoms with Crippen LogP contribution in [0.25, 0.3) is 0 Å². The maximum Gasteiger partial charge on any atom is 0.137 e. The Morgan fingerprint density at radius 2 is 2.10 bits per heavy atom. The van der Waals surface area contributed by atoms with Gasteiger partial charge < -0.3 is 4.74 Å². The number of benzene rings is 2. The molecule has 1 aliphatic heterocycles. The fraction of sp³-hybridized carbons (Fsp3) is 0.235. The largest absolute Gasteiger partial charge is 0.493 e. The molecule has 2 nitrogen and oxygen atoms in total. The monoisotopic (exact) mass is 345 g/mol. The lowest BCUT2D eigenvalue weighted by molar-refractivity contribution is 0.241. The Bertz CT molecular complexity index is 725. The van der Waals surface area contributed by atoms with Crippen LogP contribution in [0.1, 0.15) is 17.5 Å². The van der Waals surface area contributed by atoms with E-state index in [4.69, 9.17) is 4.74 Å². The highest BCUT2D eigenvalue weighted by molar-refractivity contribution is 9.10.